The van der Waals surface area contributed by atoms with E-state index in [1.54, 1.807) is 7.11 Å². The van der Waals surface area contributed by atoms with Crippen LogP contribution in [0.1, 0.15) is 34.6 Å². The van der Waals surface area contributed by atoms with Crippen molar-refractivity contribution < 1.29 is 14.0 Å². The van der Waals surface area contributed by atoms with Crippen LogP contribution in [0.2, 0.25) is 0 Å². The highest BCUT2D eigenvalue weighted by Crippen LogP contribution is 2.37. The quantitative estimate of drug-likeness (QED) is 0.758. The van der Waals surface area contributed by atoms with Crippen LogP contribution in [0.25, 0.3) is 0 Å². The monoisotopic (exact) mass is 252 g/mol. The zero-order valence-electron chi connectivity index (χ0n) is 12.0. The van der Waals surface area contributed by atoms with Crippen molar-refractivity contribution in [3.63, 3.8) is 0 Å². The molecule has 1 aromatic rings. The lowest BCUT2D eigenvalue weighted by Crippen LogP contribution is -2.41. The lowest BCUT2D eigenvalue weighted by atomic mass is 9.81. The molecular weight excluding hydrogens is 231 g/mol. The molecule has 0 radical (unpaired) electrons. The van der Waals surface area contributed by atoms with Crippen LogP contribution in [0.4, 0.5) is 0 Å². The molecule has 5 nitrogen and oxygen atoms in total. The van der Waals surface area contributed by atoms with Crippen LogP contribution in [-0.2, 0) is 15.9 Å². The highest BCUT2D eigenvalue weighted by molar-refractivity contribution is 6.63. The Labute approximate surface area is 109 Å². The highest BCUT2D eigenvalue weighted by atomic mass is 16.7. The van der Waals surface area contributed by atoms with Crippen LogP contribution >= 0.6 is 0 Å². The molecule has 0 saturated carbocycles. The second-order valence-corrected chi connectivity index (χ2v) is 5.54. The molecule has 1 fully saturated rings. The fourth-order valence-electron chi connectivity index (χ4n) is 1.87. The lowest BCUT2D eigenvalue weighted by molar-refractivity contribution is 0.00578. The van der Waals surface area contributed by atoms with Crippen LogP contribution < -0.4 is 10.2 Å². The molecule has 6 heteroatoms. The van der Waals surface area contributed by atoms with Crippen molar-refractivity contribution >= 4 is 12.6 Å². The maximum Gasteiger partial charge on any atom is 0.502 e. The first-order chi connectivity index (χ1) is 8.30. The summed E-state index contributed by atoms with van der Waals surface area (Å²) in [6, 6.07) is 0. The Morgan fingerprint density at radius 1 is 1.28 bits per heavy atom. The second kappa shape index (κ2) is 4.28. The molecular formula is C12H21BN2O3. The third kappa shape index (κ3) is 2.03. The maximum atomic E-state index is 5.99. The number of hydrogen-bond donors (Lipinski definition) is 0. The van der Waals surface area contributed by atoms with Gasteiger partial charge < -0.3 is 14.0 Å². The van der Waals surface area contributed by atoms with Gasteiger partial charge in [-0.15, -0.1) is 5.10 Å². The van der Waals surface area contributed by atoms with Crippen molar-refractivity contribution in [1.29, 1.82) is 0 Å². The number of ether oxygens (including phenoxy) is 1. The van der Waals surface area contributed by atoms with E-state index in [0.29, 0.717) is 5.88 Å². The van der Waals surface area contributed by atoms with Crippen molar-refractivity contribution in [2.45, 2.75) is 52.4 Å². The number of rotatable bonds is 3. The Morgan fingerprint density at radius 3 is 2.28 bits per heavy atom. The van der Waals surface area contributed by atoms with Gasteiger partial charge in [0.25, 0.3) is 0 Å². The molecule has 18 heavy (non-hydrogen) atoms. The van der Waals surface area contributed by atoms with E-state index in [-0.39, 0.29) is 11.2 Å². The fourth-order valence-corrected chi connectivity index (χ4v) is 1.87. The number of methoxy groups -OCH3 is 1. The Balaban J connectivity index is 2.31. The van der Waals surface area contributed by atoms with Crippen molar-refractivity contribution in [2.24, 2.45) is 0 Å². The molecule has 0 aliphatic carbocycles. The van der Waals surface area contributed by atoms with Crippen molar-refractivity contribution in [3.8, 4) is 5.88 Å². The SMILES string of the molecule is CCn1cc(B2OC(C)(C)C(C)(C)O2)c(OC)n1. The van der Waals surface area contributed by atoms with Crippen LogP contribution in [0, 0.1) is 0 Å². The molecule has 2 rings (SSSR count). The number of hydrogen-bond acceptors (Lipinski definition) is 4. The molecule has 1 aromatic heterocycles. The summed E-state index contributed by atoms with van der Waals surface area (Å²) in [5.74, 6) is 0.565. The molecule has 1 aliphatic heterocycles. The minimum atomic E-state index is -0.426. The molecule has 0 bridgehead atoms. The summed E-state index contributed by atoms with van der Waals surface area (Å²) in [7, 11) is 1.18. The van der Waals surface area contributed by atoms with E-state index in [9.17, 15) is 0 Å². The number of aryl methyl sites for hydroxylation is 1. The third-order valence-electron chi connectivity index (χ3n) is 3.78. The van der Waals surface area contributed by atoms with Gasteiger partial charge in [-0.1, -0.05) is 0 Å². The number of aromatic nitrogens is 2. The van der Waals surface area contributed by atoms with Gasteiger partial charge in [-0.05, 0) is 34.6 Å². The fraction of sp³-hybridized carbons (Fsp3) is 0.750. The van der Waals surface area contributed by atoms with Gasteiger partial charge in [-0.25, -0.2) is 0 Å². The van der Waals surface area contributed by atoms with E-state index in [4.69, 9.17) is 14.0 Å². The minimum Gasteiger partial charge on any atom is -0.480 e. The lowest BCUT2D eigenvalue weighted by Gasteiger charge is -2.32. The summed E-state index contributed by atoms with van der Waals surface area (Å²) in [6.45, 7) is 10.9. The molecule has 1 aliphatic rings. The smallest absolute Gasteiger partial charge is 0.480 e. The van der Waals surface area contributed by atoms with E-state index in [2.05, 4.69) is 5.10 Å². The Bertz CT molecular complexity index is 427. The number of nitrogens with zero attached hydrogens (tertiary/aromatic N) is 2. The first kappa shape index (κ1) is 13.4. The third-order valence-corrected chi connectivity index (χ3v) is 3.78. The molecule has 0 atom stereocenters. The van der Waals surface area contributed by atoms with Gasteiger partial charge >= 0.3 is 7.12 Å². The van der Waals surface area contributed by atoms with E-state index in [1.165, 1.54) is 0 Å². The first-order valence-corrected chi connectivity index (χ1v) is 6.27. The Morgan fingerprint density at radius 2 is 1.83 bits per heavy atom. The summed E-state index contributed by atoms with van der Waals surface area (Å²) in [6.07, 6.45) is 1.92. The summed E-state index contributed by atoms with van der Waals surface area (Å²) in [5, 5.41) is 4.32. The van der Waals surface area contributed by atoms with Gasteiger partial charge in [-0.3, -0.25) is 4.68 Å². The normalized spacial score (nSPS) is 21.3. The Hall–Kier alpha value is -1.01. The van der Waals surface area contributed by atoms with E-state index >= 15 is 0 Å². The zero-order chi connectivity index (χ0) is 13.6. The summed E-state index contributed by atoms with van der Waals surface area (Å²) in [5.41, 5.74) is 0.145. The van der Waals surface area contributed by atoms with Crippen molar-refractivity contribution in [2.75, 3.05) is 7.11 Å². The average Bonchev–Trinajstić information content (AvgIpc) is 2.78. The zero-order valence-corrected chi connectivity index (χ0v) is 12.0. The van der Waals surface area contributed by atoms with Gasteiger partial charge in [0.05, 0.1) is 23.8 Å². The van der Waals surface area contributed by atoms with Gasteiger partial charge in [-0.2, -0.15) is 0 Å². The molecule has 0 amide bonds. The largest absolute Gasteiger partial charge is 0.502 e. The molecule has 1 saturated heterocycles. The van der Waals surface area contributed by atoms with Gasteiger partial charge in [0, 0.05) is 12.7 Å². The van der Waals surface area contributed by atoms with Gasteiger partial charge in [0.15, 0.2) is 0 Å². The van der Waals surface area contributed by atoms with Crippen LogP contribution in [0.15, 0.2) is 6.20 Å². The van der Waals surface area contributed by atoms with Crippen LogP contribution in [0.3, 0.4) is 0 Å². The van der Waals surface area contributed by atoms with E-state index in [1.807, 2.05) is 45.5 Å². The second-order valence-electron chi connectivity index (χ2n) is 5.54. The first-order valence-electron chi connectivity index (χ1n) is 6.27. The highest BCUT2D eigenvalue weighted by Gasteiger charge is 2.53. The predicted octanol–water partition coefficient (Wildman–Crippen LogP) is 1.21. The summed E-state index contributed by atoms with van der Waals surface area (Å²) >= 11 is 0. The van der Waals surface area contributed by atoms with E-state index < -0.39 is 7.12 Å². The van der Waals surface area contributed by atoms with Gasteiger partial charge in [0.2, 0.25) is 5.88 Å². The topological polar surface area (TPSA) is 45.5 Å². The van der Waals surface area contributed by atoms with Crippen LogP contribution in [-0.4, -0.2) is 35.2 Å². The Kier molecular flexibility index (Phi) is 3.19. The minimum absolute atomic E-state index is 0.350. The van der Waals surface area contributed by atoms with Crippen molar-refractivity contribution in [3.05, 3.63) is 6.20 Å². The van der Waals surface area contributed by atoms with E-state index in [0.717, 1.165) is 12.0 Å². The molecule has 0 N–H and O–H groups in total. The average molecular weight is 252 g/mol. The summed E-state index contributed by atoms with van der Waals surface area (Å²) < 4.78 is 19.1. The maximum absolute atomic E-state index is 5.99. The summed E-state index contributed by atoms with van der Waals surface area (Å²) in [4.78, 5) is 0. The molecule has 100 valence electrons. The predicted molar refractivity (Wildman–Crippen MR) is 70.2 cm³/mol. The molecule has 2 heterocycles. The molecule has 0 aromatic carbocycles. The molecule has 0 spiro atoms. The molecule has 0 unspecified atom stereocenters. The standard InChI is InChI=1S/C12H21BN2O3/c1-7-15-8-9(10(14-15)16-6)13-17-11(2,3)12(4,5)18-13/h8H,7H2,1-6H3. The van der Waals surface area contributed by atoms with Crippen molar-refractivity contribution in [1.82, 2.24) is 9.78 Å². The van der Waals surface area contributed by atoms with Gasteiger partial charge in [0.1, 0.15) is 0 Å². The van der Waals surface area contributed by atoms with Crippen LogP contribution in [0.5, 0.6) is 5.88 Å².